The highest BCUT2D eigenvalue weighted by Crippen LogP contribution is 2.22. The number of amides is 1. The van der Waals surface area contributed by atoms with Crippen LogP contribution in [-0.4, -0.2) is 40.1 Å². The third-order valence-electron chi connectivity index (χ3n) is 3.07. The first-order valence-corrected chi connectivity index (χ1v) is 8.41. The van der Waals surface area contributed by atoms with Gasteiger partial charge in [0.25, 0.3) is 5.91 Å². The lowest BCUT2D eigenvalue weighted by molar-refractivity contribution is -0.124. The van der Waals surface area contributed by atoms with Crippen molar-refractivity contribution >= 4 is 21.9 Å². The van der Waals surface area contributed by atoms with E-state index in [1.165, 1.54) is 19.2 Å². The van der Waals surface area contributed by atoms with Crippen LogP contribution in [0.15, 0.2) is 23.1 Å². The van der Waals surface area contributed by atoms with E-state index in [0.717, 1.165) is 12.5 Å². The highest BCUT2D eigenvalue weighted by molar-refractivity contribution is 7.89. The number of benzene rings is 1. The van der Waals surface area contributed by atoms with E-state index in [-0.39, 0.29) is 22.3 Å². The Morgan fingerprint density at radius 3 is 2.52 bits per heavy atom. The third-order valence-corrected chi connectivity index (χ3v) is 3.98. The largest absolute Gasteiger partial charge is 0.496 e. The Kier molecular flexibility index (Phi) is 6.52. The van der Waals surface area contributed by atoms with E-state index in [1.807, 2.05) is 13.8 Å². The molecule has 0 bridgehead atoms. The number of carbonyl (C=O) groups excluding carboxylic acids is 2. The molecule has 0 saturated carbocycles. The maximum Gasteiger partial charge on any atom is 0.342 e. The van der Waals surface area contributed by atoms with Crippen molar-refractivity contribution in [3.63, 3.8) is 0 Å². The minimum absolute atomic E-state index is 0.0403. The molecule has 0 aliphatic heterocycles. The van der Waals surface area contributed by atoms with Gasteiger partial charge in [0, 0.05) is 6.04 Å². The van der Waals surface area contributed by atoms with Crippen molar-refractivity contribution in [1.82, 2.24) is 5.32 Å². The van der Waals surface area contributed by atoms with Crippen molar-refractivity contribution in [2.45, 2.75) is 31.2 Å². The number of carbonyl (C=O) groups is 2. The highest BCUT2D eigenvalue weighted by Gasteiger charge is 2.19. The average Bonchev–Trinajstić information content (AvgIpc) is 2.50. The quantitative estimate of drug-likeness (QED) is 0.690. The Balaban J connectivity index is 2.88. The monoisotopic (exact) mass is 344 g/mol. The van der Waals surface area contributed by atoms with Crippen molar-refractivity contribution in [3.05, 3.63) is 23.8 Å². The molecule has 0 radical (unpaired) electrons. The number of esters is 1. The van der Waals surface area contributed by atoms with Crippen molar-refractivity contribution in [3.8, 4) is 5.75 Å². The van der Waals surface area contributed by atoms with Gasteiger partial charge in [-0.15, -0.1) is 0 Å². The van der Waals surface area contributed by atoms with Gasteiger partial charge in [-0.25, -0.2) is 18.4 Å². The summed E-state index contributed by atoms with van der Waals surface area (Å²) in [5.41, 5.74) is -0.129. The second kappa shape index (κ2) is 7.93. The number of nitrogens with one attached hydrogen (secondary N) is 1. The van der Waals surface area contributed by atoms with Gasteiger partial charge in [0.15, 0.2) is 6.61 Å². The standard InChI is InChI=1S/C14H20N2O6S/c1-4-9(2)16-13(17)8-22-14(18)11-7-10(23(15,19)20)5-6-12(11)21-3/h5-7,9H,4,8H2,1-3H3,(H,16,17)(H2,15,19,20)/t9-/m1/s1. The van der Waals surface area contributed by atoms with Gasteiger partial charge in [0.1, 0.15) is 11.3 Å². The Morgan fingerprint density at radius 2 is 2.00 bits per heavy atom. The molecule has 0 spiro atoms. The van der Waals surface area contributed by atoms with Crippen LogP contribution in [0.4, 0.5) is 0 Å². The topological polar surface area (TPSA) is 125 Å². The van der Waals surface area contributed by atoms with E-state index in [2.05, 4.69) is 5.32 Å². The molecule has 1 rings (SSSR count). The Labute approximate surface area is 135 Å². The van der Waals surface area contributed by atoms with E-state index in [4.69, 9.17) is 14.6 Å². The summed E-state index contributed by atoms with van der Waals surface area (Å²) in [7, 11) is -2.66. The predicted octanol–water partition coefficient (Wildman–Crippen LogP) is 0.414. The highest BCUT2D eigenvalue weighted by atomic mass is 32.2. The Hall–Kier alpha value is -2.13. The summed E-state index contributed by atoms with van der Waals surface area (Å²) < 4.78 is 32.6. The smallest absolute Gasteiger partial charge is 0.342 e. The van der Waals surface area contributed by atoms with Gasteiger partial charge in [-0.3, -0.25) is 4.79 Å². The maximum absolute atomic E-state index is 12.0. The zero-order chi connectivity index (χ0) is 17.6. The molecule has 1 atom stereocenters. The summed E-state index contributed by atoms with van der Waals surface area (Å²) in [6, 6.07) is 3.50. The molecule has 128 valence electrons. The lowest BCUT2D eigenvalue weighted by Crippen LogP contribution is -2.35. The number of methoxy groups -OCH3 is 1. The lowest BCUT2D eigenvalue weighted by Gasteiger charge is -2.12. The molecular formula is C14H20N2O6S. The number of primary sulfonamides is 1. The molecule has 0 unspecified atom stereocenters. The molecule has 9 heteroatoms. The van der Waals surface area contributed by atoms with Gasteiger partial charge in [-0.1, -0.05) is 6.92 Å². The molecule has 0 aliphatic carbocycles. The molecule has 0 aromatic heterocycles. The maximum atomic E-state index is 12.0. The van der Waals surface area contributed by atoms with Gasteiger partial charge in [-0.05, 0) is 31.5 Å². The molecule has 0 fully saturated rings. The number of sulfonamides is 1. The number of nitrogens with two attached hydrogens (primary N) is 1. The van der Waals surface area contributed by atoms with Gasteiger partial charge >= 0.3 is 5.97 Å². The van der Waals surface area contributed by atoms with E-state index in [0.29, 0.717) is 0 Å². The summed E-state index contributed by atoms with van der Waals surface area (Å²) in [4.78, 5) is 23.4. The lowest BCUT2D eigenvalue weighted by atomic mass is 10.2. The van der Waals surface area contributed by atoms with Crippen LogP contribution in [0.25, 0.3) is 0 Å². The van der Waals surface area contributed by atoms with Crippen LogP contribution < -0.4 is 15.2 Å². The third kappa shape index (κ3) is 5.53. The SMILES string of the molecule is CC[C@@H](C)NC(=O)COC(=O)c1cc(S(N)(=O)=O)ccc1OC. The number of rotatable bonds is 7. The zero-order valence-electron chi connectivity index (χ0n) is 13.2. The van der Waals surface area contributed by atoms with Crippen molar-refractivity contribution in [1.29, 1.82) is 0 Å². The summed E-state index contributed by atoms with van der Waals surface area (Å²) in [6.45, 7) is 3.24. The fraction of sp³-hybridized carbons (Fsp3) is 0.429. The molecule has 1 amide bonds. The van der Waals surface area contributed by atoms with Crippen LogP contribution in [0.3, 0.4) is 0 Å². The second-order valence-electron chi connectivity index (χ2n) is 4.86. The van der Waals surface area contributed by atoms with Gasteiger partial charge < -0.3 is 14.8 Å². The van der Waals surface area contributed by atoms with E-state index >= 15 is 0 Å². The first kappa shape index (κ1) is 18.9. The molecule has 1 aromatic rings. The molecule has 23 heavy (non-hydrogen) atoms. The molecule has 1 aromatic carbocycles. The molecular weight excluding hydrogens is 324 g/mol. The van der Waals surface area contributed by atoms with Crippen molar-refractivity contribution in [2.24, 2.45) is 5.14 Å². The van der Waals surface area contributed by atoms with Gasteiger partial charge in [0.05, 0.1) is 12.0 Å². The zero-order valence-corrected chi connectivity index (χ0v) is 14.0. The molecule has 0 saturated heterocycles. The number of hydrogen-bond acceptors (Lipinski definition) is 6. The number of hydrogen-bond donors (Lipinski definition) is 2. The van der Waals surface area contributed by atoms with Crippen LogP contribution in [0.5, 0.6) is 5.75 Å². The summed E-state index contributed by atoms with van der Waals surface area (Å²) in [5.74, 6) is -1.22. The van der Waals surface area contributed by atoms with Crippen molar-refractivity contribution in [2.75, 3.05) is 13.7 Å². The van der Waals surface area contributed by atoms with E-state index < -0.39 is 28.5 Å². The Morgan fingerprint density at radius 1 is 1.35 bits per heavy atom. The van der Waals surface area contributed by atoms with E-state index in [9.17, 15) is 18.0 Å². The molecule has 8 nitrogen and oxygen atoms in total. The van der Waals surface area contributed by atoms with Crippen molar-refractivity contribution < 1.29 is 27.5 Å². The van der Waals surface area contributed by atoms with Crippen LogP contribution >= 0.6 is 0 Å². The fourth-order valence-electron chi connectivity index (χ4n) is 1.65. The van der Waals surface area contributed by atoms with Gasteiger partial charge in [-0.2, -0.15) is 0 Å². The minimum atomic E-state index is -3.98. The molecule has 0 heterocycles. The molecule has 3 N–H and O–H groups in total. The average molecular weight is 344 g/mol. The van der Waals surface area contributed by atoms with E-state index in [1.54, 1.807) is 0 Å². The second-order valence-corrected chi connectivity index (χ2v) is 6.42. The summed E-state index contributed by atoms with van der Waals surface area (Å²) >= 11 is 0. The van der Waals surface area contributed by atoms with Crippen LogP contribution in [0.1, 0.15) is 30.6 Å². The molecule has 0 aliphatic rings. The van der Waals surface area contributed by atoms with Crippen LogP contribution in [-0.2, 0) is 19.6 Å². The van der Waals surface area contributed by atoms with Gasteiger partial charge in [0.2, 0.25) is 10.0 Å². The summed E-state index contributed by atoms with van der Waals surface area (Å²) in [5, 5.41) is 7.66. The Bertz CT molecular complexity index is 687. The predicted molar refractivity (Wildman–Crippen MR) is 82.5 cm³/mol. The fourth-order valence-corrected chi connectivity index (χ4v) is 2.19. The first-order chi connectivity index (χ1) is 10.7. The number of ether oxygens (including phenoxy) is 2. The summed E-state index contributed by atoms with van der Waals surface area (Å²) in [6.07, 6.45) is 0.740. The van der Waals surface area contributed by atoms with Crippen LogP contribution in [0.2, 0.25) is 0 Å². The minimum Gasteiger partial charge on any atom is -0.496 e. The van der Waals surface area contributed by atoms with Crippen LogP contribution in [0, 0.1) is 0 Å². The first-order valence-electron chi connectivity index (χ1n) is 6.86. The normalized spacial score (nSPS) is 12.3.